The minimum Gasteiger partial charge on any atom is -0.484 e. The Bertz CT molecular complexity index is 1230. The Morgan fingerprint density at radius 3 is 2.61 bits per heavy atom. The van der Waals surface area contributed by atoms with Crippen LogP contribution in [-0.2, 0) is 11.4 Å². The van der Waals surface area contributed by atoms with Gasteiger partial charge in [-0.25, -0.2) is 0 Å². The summed E-state index contributed by atoms with van der Waals surface area (Å²) in [5, 5.41) is 23.6. The summed E-state index contributed by atoms with van der Waals surface area (Å²) in [6.45, 7) is 0.112. The Morgan fingerprint density at radius 1 is 1.06 bits per heavy atom. The van der Waals surface area contributed by atoms with Crippen LogP contribution in [0.5, 0.6) is 5.75 Å². The summed E-state index contributed by atoms with van der Waals surface area (Å²) < 4.78 is 11.2. The normalized spacial score (nSPS) is 10.7. The van der Waals surface area contributed by atoms with E-state index in [9.17, 15) is 14.9 Å². The fraction of sp³-hybridized carbons (Fsp3) is 0.0952. The second-order valence-electron chi connectivity index (χ2n) is 6.40. The molecule has 0 fully saturated rings. The van der Waals surface area contributed by atoms with Crippen LogP contribution in [0.4, 0.5) is 11.4 Å². The maximum Gasteiger partial charge on any atom is 0.277 e. The van der Waals surface area contributed by atoms with Crippen molar-refractivity contribution >= 4 is 39.8 Å². The van der Waals surface area contributed by atoms with E-state index in [0.29, 0.717) is 17.3 Å². The monoisotopic (exact) mass is 436 g/mol. The smallest absolute Gasteiger partial charge is 0.277 e. The predicted molar refractivity (Wildman–Crippen MR) is 115 cm³/mol. The Morgan fingerprint density at radius 2 is 1.84 bits per heavy atom. The molecule has 0 aliphatic rings. The Balaban J connectivity index is 1.26. The van der Waals surface area contributed by atoms with Crippen LogP contribution < -0.4 is 10.1 Å². The summed E-state index contributed by atoms with van der Waals surface area (Å²) in [5.74, 6) is 0.732. The number of ether oxygens (including phenoxy) is 1. The number of nitrogens with one attached hydrogen (secondary N) is 1. The number of hydrogen-bond acceptors (Lipinski definition) is 8. The molecule has 4 aromatic rings. The molecule has 0 unspecified atom stereocenters. The van der Waals surface area contributed by atoms with Crippen molar-refractivity contribution in [3.63, 3.8) is 0 Å². The van der Waals surface area contributed by atoms with E-state index in [1.54, 1.807) is 0 Å². The average molecular weight is 436 g/mol. The van der Waals surface area contributed by atoms with Crippen LogP contribution >= 0.6 is 11.8 Å². The molecule has 0 atom stereocenters. The van der Waals surface area contributed by atoms with Crippen molar-refractivity contribution in [2.45, 2.75) is 11.8 Å². The largest absolute Gasteiger partial charge is 0.484 e. The van der Waals surface area contributed by atoms with E-state index < -0.39 is 4.92 Å². The third-order valence-corrected chi connectivity index (χ3v) is 5.04. The van der Waals surface area contributed by atoms with Gasteiger partial charge in [-0.2, -0.15) is 0 Å². The molecule has 156 valence electrons. The van der Waals surface area contributed by atoms with Crippen LogP contribution in [0.3, 0.4) is 0 Å². The second-order valence-corrected chi connectivity index (χ2v) is 7.33. The van der Waals surface area contributed by atoms with Gasteiger partial charge in [0.1, 0.15) is 5.75 Å². The Labute approximate surface area is 180 Å². The molecule has 3 aromatic carbocycles. The minimum atomic E-state index is -0.502. The van der Waals surface area contributed by atoms with Crippen LogP contribution in [-0.4, -0.2) is 26.8 Å². The number of fused-ring (bicyclic) bond motifs is 1. The first-order valence-corrected chi connectivity index (χ1v) is 10.2. The molecule has 9 nitrogen and oxygen atoms in total. The lowest BCUT2D eigenvalue weighted by Crippen LogP contribution is -2.13. The first-order chi connectivity index (χ1) is 15.1. The molecule has 0 radical (unpaired) electrons. The average Bonchev–Trinajstić information content (AvgIpc) is 3.24. The van der Waals surface area contributed by atoms with Crippen molar-refractivity contribution < 1.29 is 18.9 Å². The van der Waals surface area contributed by atoms with E-state index in [0.717, 1.165) is 22.5 Å². The van der Waals surface area contributed by atoms with Gasteiger partial charge < -0.3 is 14.5 Å². The van der Waals surface area contributed by atoms with Crippen molar-refractivity contribution in [3.05, 3.63) is 82.7 Å². The van der Waals surface area contributed by atoms with E-state index in [-0.39, 0.29) is 29.2 Å². The maximum atomic E-state index is 12.0. The maximum absolute atomic E-state index is 12.0. The van der Waals surface area contributed by atoms with Crippen molar-refractivity contribution in [2.24, 2.45) is 0 Å². The van der Waals surface area contributed by atoms with Crippen molar-refractivity contribution in [3.8, 4) is 5.75 Å². The molecule has 0 spiro atoms. The van der Waals surface area contributed by atoms with Crippen LogP contribution in [0.1, 0.15) is 5.89 Å². The van der Waals surface area contributed by atoms with Gasteiger partial charge in [0.25, 0.3) is 16.8 Å². The lowest BCUT2D eigenvalue weighted by Gasteiger charge is -2.05. The number of rotatable bonds is 8. The molecule has 1 heterocycles. The van der Waals surface area contributed by atoms with Gasteiger partial charge in [-0.15, -0.1) is 10.2 Å². The number of non-ortho nitro benzene ring substituents is 1. The van der Waals surface area contributed by atoms with Gasteiger partial charge in [-0.05, 0) is 35.0 Å². The van der Waals surface area contributed by atoms with Crippen LogP contribution in [0.2, 0.25) is 0 Å². The first kappa shape index (κ1) is 20.4. The quantitative estimate of drug-likeness (QED) is 0.244. The summed E-state index contributed by atoms with van der Waals surface area (Å²) >= 11 is 1.08. The van der Waals surface area contributed by atoms with Gasteiger partial charge >= 0.3 is 0 Å². The first-order valence-electron chi connectivity index (χ1n) is 9.18. The number of benzene rings is 3. The molecular formula is C21H16N4O5S. The zero-order valence-corrected chi connectivity index (χ0v) is 16.9. The molecular weight excluding hydrogens is 420 g/mol. The standard InChI is InChI=1S/C21H16N4O5S/c26-19(22-16-6-8-17(9-7-16)25(27)28)13-31-21-24-23-20(30-21)12-29-18-10-5-14-3-1-2-4-15(14)11-18/h1-11H,12-13H2,(H,22,26). The third-order valence-electron chi connectivity index (χ3n) is 4.22. The fourth-order valence-electron chi connectivity index (χ4n) is 2.75. The Hall–Kier alpha value is -3.92. The number of anilines is 1. The lowest BCUT2D eigenvalue weighted by molar-refractivity contribution is -0.384. The summed E-state index contributed by atoms with van der Waals surface area (Å²) in [6, 6.07) is 19.3. The number of nitro groups is 1. The Kier molecular flexibility index (Phi) is 6.08. The summed E-state index contributed by atoms with van der Waals surface area (Å²) in [6.07, 6.45) is 0. The summed E-state index contributed by atoms with van der Waals surface area (Å²) in [4.78, 5) is 22.2. The third kappa shape index (κ3) is 5.37. The van der Waals surface area contributed by atoms with Crippen molar-refractivity contribution in [2.75, 3.05) is 11.1 Å². The number of nitro benzene ring substituents is 1. The number of carbonyl (C=O) groups is 1. The van der Waals surface area contributed by atoms with E-state index in [1.165, 1.54) is 24.3 Å². The van der Waals surface area contributed by atoms with Gasteiger partial charge in [-0.3, -0.25) is 14.9 Å². The molecule has 10 heteroatoms. The minimum absolute atomic E-state index is 0.0447. The number of carbonyl (C=O) groups excluding carboxylic acids is 1. The fourth-order valence-corrected chi connectivity index (χ4v) is 3.33. The number of thioether (sulfide) groups is 1. The molecule has 31 heavy (non-hydrogen) atoms. The molecule has 0 aliphatic carbocycles. The highest BCUT2D eigenvalue weighted by Crippen LogP contribution is 2.22. The molecule has 1 aromatic heterocycles. The molecule has 0 aliphatic heterocycles. The molecule has 4 rings (SSSR count). The van der Waals surface area contributed by atoms with E-state index in [4.69, 9.17) is 9.15 Å². The zero-order valence-electron chi connectivity index (χ0n) is 16.1. The summed E-state index contributed by atoms with van der Waals surface area (Å²) in [7, 11) is 0. The molecule has 0 saturated heterocycles. The molecule has 1 N–H and O–H groups in total. The number of aromatic nitrogens is 2. The SMILES string of the molecule is O=C(CSc1nnc(COc2ccc3ccccc3c2)o1)Nc1ccc([N+](=O)[O-])cc1. The van der Waals surface area contributed by atoms with Gasteiger partial charge in [0.15, 0.2) is 6.61 Å². The van der Waals surface area contributed by atoms with Crippen LogP contribution in [0.25, 0.3) is 10.8 Å². The van der Waals surface area contributed by atoms with Gasteiger partial charge in [0, 0.05) is 17.8 Å². The topological polar surface area (TPSA) is 120 Å². The number of hydrogen-bond donors (Lipinski definition) is 1. The molecule has 1 amide bonds. The second kappa shape index (κ2) is 9.26. The van der Waals surface area contributed by atoms with Crippen LogP contribution in [0, 0.1) is 10.1 Å². The highest BCUT2D eigenvalue weighted by Gasteiger charge is 2.11. The predicted octanol–water partition coefficient (Wildman–Crippen LogP) is 4.44. The van der Waals surface area contributed by atoms with Crippen LogP contribution in [0.15, 0.2) is 76.4 Å². The lowest BCUT2D eigenvalue weighted by atomic mass is 10.1. The van der Waals surface area contributed by atoms with Gasteiger partial charge in [0.2, 0.25) is 5.91 Å². The number of nitrogens with zero attached hydrogens (tertiary/aromatic N) is 3. The van der Waals surface area contributed by atoms with Gasteiger partial charge in [-0.1, -0.05) is 42.1 Å². The van der Waals surface area contributed by atoms with Crippen molar-refractivity contribution in [1.29, 1.82) is 0 Å². The van der Waals surface area contributed by atoms with E-state index in [1.807, 2.05) is 42.5 Å². The van der Waals surface area contributed by atoms with Gasteiger partial charge in [0.05, 0.1) is 10.7 Å². The highest BCUT2D eigenvalue weighted by molar-refractivity contribution is 7.99. The number of amides is 1. The molecule has 0 bridgehead atoms. The van der Waals surface area contributed by atoms with E-state index >= 15 is 0 Å². The van der Waals surface area contributed by atoms with Crippen molar-refractivity contribution in [1.82, 2.24) is 10.2 Å². The highest BCUT2D eigenvalue weighted by atomic mass is 32.2. The molecule has 0 saturated carbocycles. The zero-order chi connectivity index (χ0) is 21.6. The summed E-state index contributed by atoms with van der Waals surface area (Å²) in [5.41, 5.74) is 0.419. The van der Waals surface area contributed by atoms with E-state index in [2.05, 4.69) is 15.5 Å².